The van der Waals surface area contributed by atoms with Crippen molar-refractivity contribution in [2.24, 2.45) is 11.8 Å². The molecule has 3 aromatic carbocycles. The van der Waals surface area contributed by atoms with Gasteiger partial charge in [0.1, 0.15) is 46.9 Å². The summed E-state index contributed by atoms with van der Waals surface area (Å²) >= 11 is 6.96. The van der Waals surface area contributed by atoms with Crippen molar-refractivity contribution in [3.63, 3.8) is 0 Å². The van der Waals surface area contributed by atoms with Gasteiger partial charge in [0.05, 0.1) is 61.8 Å². The molecule has 0 spiro atoms. The van der Waals surface area contributed by atoms with Crippen molar-refractivity contribution in [1.29, 1.82) is 0 Å². The highest BCUT2D eigenvalue weighted by atomic mass is 35.5. The van der Waals surface area contributed by atoms with E-state index in [0.29, 0.717) is 61.2 Å². The van der Waals surface area contributed by atoms with Crippen LogP contribution in [0.5, 0.6) is 5.75 Å². The number of ether oxygens (including phenoxy) is 5. The van der Waals surface area contributed by atoms with Gasteiger partial charge in [0.15, 0.2) is 0 Å². The number of halogens is 1. The van der Waals surface area contributed by atoms with Gasteiger partial charge in [-0.3, -0.25) is 9.59 Å². The maximum atomic E-state index is 14.6. The number of aromatic amines is 2. The van der Waals surface area contributed by atoms with Crippen LogP contribution in [0.4, 0.5) is 9.59 Å². The lowest BCUT2D eigenvalue weighted by atomic mass is 9.85. The van der Waals surface area contributed by atoms with Crippen LogP contribution in [0.1, 0.15) is 122 Å². The quantitative estimate of drug-likeness (QED) is 0.110. The van der Waals surface area contributed by atoms with Gasteiger partial charge in [-0.15, -0.1) is 0 Å². The number of nitrogens with zero attached hydrogens (tertiary/aromatic N) is 4. The monoisotopic (exact) mass is 992 g/mol. The lowest BCUT2D eigenvalue weighted by molar-refractivity contribution is -0.141. The minimum Gasteiger partial charge on any atom is -0.488 e. The van der Waals surface area contributed by atoms with E-state index in [-0.39, 0.29) is 72.2 Å². The third-order valence-electron chi connectivity index (χ3n) is 15.7. The fraction of sp³-hybridized carbons (Fsp3) is 0.547. The molecule has 4 fully saturated rings. The molecular formula is C53H65ClN8O9. The summed E-state index contributed by atoms with van der Waals surface area (Å²) in [6.07, 6.45) is 4.05. The minimum atomic E-state index is -0.787. The zero-order valence-electron chi connectivity index (χ0n) is 41.7. The number of benzene rings is 3. The van der Waals surface area contributed by atoms with E-state index in [0.717, 1.165) is 69.1 Å². The molecule has 5 aromatic rings. The summed E-state index contributed by atoms with van der Waals surface area (Å²) < 4.78 is 28.4. The van der Waals surface area contributed by atoms with Crippen molar-refractivity contribution in [1.82, 2.24) is 40.4 Å². The molecule has 71 heavy (non-hydrogen) atoms. The first kappa shape index (κ1) is 48.7. The molecule has 0 aliphatic carbocycles. The summed E-state index contributed by atoms with van der Waals surface area (Å²) in [5.41, 5.74) is 6.00. The molecule has 5 aliphatic rings. The van der Waals surface area contributed by atoms with Crippen LogP contribution in [-0.2, 0) is 35.1 Å². The van der Waals surface area contributed by atoms with Crippen LogP contribution in [0.15, 0.2) is 42.5 Å². The van der Waals surface area contributed by atoms with E-state index in [2.05, 4.69) is 57.9 Å². The maximum absolute atomic E-state index is 14.6. The zero-order valence-corrected chi connectivity index (χ0v) is 42.4. The van der Waals surface area contributed by atoms with Gasteiger partial charge >= 0.3 is 12.2 Å². The third-order valence-corrected chi connectivity index (χ3v) is 15.9. The number of carbonyl (C=O) groups is 4. The molecule has 1 unspecified atom stereocenters. The first-order chi connectivity index (χ1) is 34.1. The second-order valence-corrected chi connectivity index (χ2v) is 21.1. The number of imidazole rings is 2. The zero-order chi connectivity index (χ0) is 50.0. The van der Waals surface area contributed by atoms with Gasteiger partial charge in [0.2, 0.25) is 11.8 Å². The molecule has 10 rings (SSSR count). The number of amides is 4. The van der Waals surface area contributed by atoms with Crippen LogP contribution < -0.4 is 15.4 Å². The number of nitrogens with one attached hydrogen (secondary N) is 4. The highest BCUT2D eigenvalue weighted by Crippen LogP contribution is 2.45. The second-order valence-electron chi connectivity index (χ2n) is 20.7. The van der Waals surface area contributed by atoms with E-state index in [1.807, 2.05) is 56.6 Å². The summed E-state index contributed by atoms with van der Waals surface area (Å²) in [6.45, 7) is 12.4. The van der Waals surface area contributed by atoms with Gasteiger partial charge in [0, 0.05) is 28.6 Å². The maximum Gasteiger partial charge on any atom is 0.407 e. The van der Waals surface area contributed by atoms with Gasteiger partial charge in [-0.1, -0.05) is 29.8 Å². The van der Waals surface area contributed by atoms with Gasteiger partial charge < -0.3 is 54.1 Å². The van der Waals surface area contributed by atoms with Crippen LogP contribution >= 0.6 is 11.6 Å². The molecule has 378 valence electrons. The number of hydrogen-bond acceptors (Lipinski definition) is 11. The fourth-order valence-electron chi connectivity index (χ4n) is 12.5. The van der Waals surface area contributed by atoms with Crippen LogP contribution in [0, 0.1) is 11.8 Å². The minimum absolute atomic E-state index is 0.0428. The summed E-state index contributed by atoms with van der Waals surface area (Å²) in [7, 11) is 2.62. The molecule has 11 atom stereocenters. The van der Waals surface area contributed by atoms with Crippen molar-refractivity contribution < 1.29 is 42.9 Å². The molecule has 17 nitrogen and oxygen atoms in total. The largest absolute Gasteiger partial charge is 0.488 e. The van der Waals surface area contributed by atoms with Crippen LogP contribution in [-0.4, -0.2) is 117 Å². The highest BCUT2D eigenvalue weighted by molar-refractivity contribution is 6.32. The lowest BCUT2D eigenvalue weighted by Gasteiger charge is -2.39. The number of carbonyl (C=O) groups excluding carboxylic acids is 4. The predicted octanol–water partition coefficient (Wildman–Crippen LogP) is 9.28. The van der Waals surface area contributed by atoms with Gasteiger partial charge in [-0.2, -0.15) is 0 Å². The van der Waals surface area contributed by atoms with E-state index in [9.17, 15) is 19.2 Å². The molecule has 4 amide bonds. The number of hydrogen-bond donors (Lipinski definition) is 4. The van der Waals surface area contributed by atoms with Crippen molar-refractivity contribution in [3.05, 3.63) is 64.8 Å². The van der Waals surface area contributed by atoms with E-state index < -0.39 is 24.3 Å². The number of fused-ring (bicyclic) bond motifs is 6. The molecule has 2 aromatic heterocycles. The Morgan fingerprint density at radius 2 is 1.24 bits per heavy atom. The van der Waals surface area contributed by atoms with E-state index >= 15 is 0 Å². The number of aromatic nitrogens is 4. The first-order valence-electron chi connectivity index (χ1n) is 25.2. The summed E-state index contributed by atoms with van der Waals surface area (Å²) in [4.78, 5) is 75.4. The molecule has 5 aliphatic heterocycles. The summed E-state index contributed by atoms with van der Waals surface area (Å²) in [5.74, 6) is 1.47. The Hall–Kier alpha value is -5.91. The number of H-pyrrole nitrogens is 2. The third kappa shape index (κ3) is 9.29. The standard InChI is InChI=1S/C53H65ClN8O9/c1-25-9-15-40(61(25)50(63)44(58-52(65)67-7)33-17-27(3)70-28(4)18-33)48-55-39-14-12-31-22-38-36-13-11-32(21-35(36)24-69-42(38)23-37(31)46(39)57-48)43-47(54)60-49(56-43)41-16-10-26(2)62(41)51(64)45(59-53(66)68-8)34-19-29(5)71-30(6)20-34/h11-14,21-23,25-30,33-34,40-41,44-45H,9-10,15-20,24H2,1-8H3,(H,55,57)(H,56,60)(H,58,65)(H,59,66)/t25-,26-,27+,28+,29-,30+,34?,40-,41-,44-,45-/m0/s1. The normalized spacial score (nSPS) is 28.2. The fourth-order valence-corrected chi connectivity index (χ4v) is 12.7. The molecule has 4 N–H and O–H groups in total. The molecule has 0 bridgehead atoms. The Morgan fingerprint density at radius 1 is 0.690 bits per heavy atom. The number of rotatable bonds is 9. The van der Waals surface area contributed by atoms with Crippen LogP contribution in [0.2, 0.25) is 5.15 Å². The van der Waals surface area contributed by atoms with Gasteiger partial charge in [-0.25, -0.2) is 19.6 Å². The molecule has 0 saturated carbocycles. The Kier molecular flexibility index (Phi) is 13.4. The Morgan fingerprint density at radius 3 is 1.79 bits per heavy atom. The summed E-state index contributed by atoms with van der Waals surface area (Å²) in [6, 6.07) is 12.1. The lowest BCUT2D eigenvalue weighted by Crippen LogP contribution is -2.55. The van der Waals surface area contributed by atoms with E-state index in [4.69, 9.17) is 45.3 Å². The second kappa shape index (κ2) is 19.6. The van der Waals surface area contributed by atoms with E-state index in [1.54, 1.807) is 0 Å². The topological polar surface area (TPSA) is 202 Å². The molecular weight excluding hydrogens is 928 g/mol. The van der Waals surface area contributed by atoms with Gasteiger partial charge in [0.25, 0.3) is 0 Å². The Bertz CT molecular complexity index is 2850. The highest BCUT2D eigenvalue weighted by Gasteiger charge is 2.46. The number of likely N-dealkylation sites (tertiary alicyclic amines) is 2. The van der Waals surface area contributed by atoms with Gasteiger partial charge in [-0.05, 0) is 146 Å². The number of methoxy groups -OCH3 is 2. The van der Waals surface area contributed by atoms with Crippen molar-refractivity contribution in [3.8, 4) is 28.1 Å². The molecule has 7 heterocycles. The Balaban J connectivity index is 0.903. The average molecular weight is 994 g/mol. The van der Waals surface area contributed by atoms with Crippen molar-refractivity contribution >= 4 is 57.4 Å². The summed E-state index contributed by atoms with van der Waals surface area (Å²) in [5, 5.41) is 8.05. The van der Waals surface area contributed by atoms with E-state index in [1.165, 1.54) is 14.2 Å². The van der Waals surface area contributed by atoms with Crippen molar-refractivity contribution in [2.75, 3.05) is 14.2 Å². The van der Waals surface area contributed by atoms with Crippen LogP contribution in [0.3, 0.4) is 0 Å². The molecule has 0 radical (unpaired) electrons. The molecule has 18 heteroatoms. The average Bonchev–Trinajstić information content (AvgIpc) is 4.15. The number of alkyl carbamates (subject to hydrolysis) is 2. The van der Waals surface area contributed by atoms with Crippen LogP contribution in [0.25, 0.3) is 44.2 Å². The SMILES string of the molecule is COC(=O)N[C@H](C(=O)N1[C@@H](C)CC[C@H]1c1nc(-c2ccc3c(c2)COc2cc4c(ccc5[nH]c([C@@H]6CC[C@H](C)N6C(=O)[C@@H](NC(=O)OC)C6C[C@@H](C)O[C@H](C)C6)nc54)cc2-3)c(Cl)[nH]1)C1C[C@@H](C)O[C@@H](C)C1. The smallest absolute Gasteiger partial charge is 0.407 e. The Labute approximate surface area is 418 Å². The van der Waals surface area contributed by atoms with Crippen molar-refractivity contribution in [2.45, 2.75) is 160 Å². The first-order valence-corrected chi connectivity index (χ1v) is 25.6. The predicted molar refractivity (Wildman–Crippen MR) is 267 cm³/mol. The molecule has 4 saturated heterocycles.